The van der Waals surface area contributed by atoms with Gasteiger partial charge in [0, 0.05) is 6.54 Å². The van der Waals surface area contributed by atoms with Gasteiger partial charge in [0.25, 0.3) is 0 Å². The quantitative estimate of drug-likeness (QED) is 0.525. The van der Waals surface area contributed by atoms with E-state index in [1.807, 2.05) is 0 Å². The number of nitrogens with zero attached hydrogens (tertiary/aromatic N) is 1. The lowest BCUT2D eigenvalue weighted by Gasteiger charge is -2.12. The lowest BCUT2D eigenvalue weighted by molar-refractivity contribution is -0.159. The molecular weight excluding hydrogens is 356 g/mol. The van der Waals surface area contributed by atoms with E-state index in [9.17, 15) is 0 Å². The van der Waals surface area contributed by atoms with Crippen LogP contribution in [0.5, 0.6) is 0 Å². The van der Waals surface area contributed by atoms with E-state index in [2.05, 4.69) is 11.5 Å². The maximum absolute atomic E-state index is 9.10. The minimum absolute atomic E-state index is 1.05. The van der Waals surface area contributed by atoms with Crippen molar-refractivity contribution >= 4 is 17.7 Å². The van der Waals surface area contributed by atoms with Gasteiger partial charge in [-0.05, 0) is 50.5 Å². The van der Waals surface area contributed by atoms with Gasteiger partial charge < -0.3 is 15.6 Å². The highest BCUT2D eigenvalue weighted by molar-refractivity contribution is 6.27. The van der Waals surface area contributed by atoms with Crippen molar-refractivity contribution in [2.24, 2.45) is 5.10 Å². The number of aliphatic carboxylic acids is 2. The predicted molar refractivity (Wildman–Crippen MR) is 113 cm³/mol. The molecule has 2 rings (SSSR count). The third kappa shape index (κ3) is 12.5. The molecule has 0 spiro atoms. The molecule has 6 heteroatoms. The molecule has 0 bridgehead atoms. The molecule has 0 aromatic heterocycles. The highest BCUT2D eigenvalue weighted by atomic mass is 16.4. The van der Waals surface area contributed by atoms with Gasteiger partial charge in [0.2, 0.25) is 0 Å². The molecule has 0 radical (unpaired) electrons. The summed E-state index contributed by atoms with van der Waals surface area (Å²) in [5, 5.41) is 19.6. The van der Waals surface area contributed by atoms with Crippen LogP contribution in [0.25, 0.3) is 0 Å². The number of hydrogen-bond acceptors (Lipinski definition) is 4. The molecule has 1 aliphatic carbocycles. The van der Waals surface area contributed by atoms with Crippen LogP contribution in [0.2, 0.25) is 0 Å². The van der Waals surface area contributed by atoms with Gasteiger partial charge in [0.1, 0.15) is 0 Å². The van der Waals surface area contributed by atoms with E-state index in [-0.39, 0.29) is 0 Å². The number of hydrogen-bond donors (Lipinski definition) is 3. The Morgan fingerprint density at radius 2 is 1.21 bits per heavy atom. The zero-order chi connectivity index (χ0) is 20.5. The zero-order valence-electron chi connectivity index (χ0n) is 17.3. The summed E-state index contributed by atoms with van der Waals surface area (Å²) in [7, 11) is 0. The monoisotopic (exact) mass is 394 g/mol. The first-order valence-electron chi connectivity index (χ1n) is 11.1. The topological polar surface area (TPSA) is 99.0 Å². The number of carboxylic acids is 2. The molecule has 2 aliphatic rings. The van der Waals surface area contributed by atoms with Gasteiger partial charge in [-0.25, -0.2) is 9.59 Å². The highest BCUT2D eigenvalue weighted by Gasteiger charge is 2.09. The molecule has 1 heterocycles. The van der Waals surface area contributed by atoms with Gasteiger partial charge >= 0.3 is 11.9 Å². The minimum atomic E-state index is -1.82. The second-order valence-corrected chi connectivity index (χ2v) is 7.69. The van der Waals surface area contributed by atoms with Crippen molar-refractivity contribution in [3.8, 4) is 0 Å². The van der Waals surface area contributed by atoms with Crippen molar-refractivity contribution in [1.29, 1.82) is 0 Å². The first kappa shape index (κ1) is 24.2. The van der Waals surface area contributed by atoms with Crippen molar-refractivity contribution < 1.29 is 19.8 Å². The van der Waals surface area contributed by atoms with Crippen molar-refractivity contribution in [3.05, 3.63) is 11.6 Å². The van der Waals surface area contributed by atoms with Crippen molar-refractivity contribution in [2.75, 3.05) is 6.54 Å². The van der Waals surface area contributed by atoms with E-state index in [0.29, 0.717) is 0 Å². The Kier molecular flexibility index (Phi) is 13.9. The van der Waals surface area contributed by atoms with Gasteiger partial charge in [0.05, 0.1) is 5.71 Å². The largest absolute Gasteiger partial charge is 0.473 e. The molecule has 0 amide bonds. The van der Waals surface area contributed by atoms with Crippen LogP contribution in [0.3, 0.4) is 0 Å². The Bertz CT molecular complexity index is 469. The summed E-state index contributed by atoms with van der Waals surface area (Å²) in [5.74, 6) is -3.65. The second-order valence-electron chi connectivity index (χ2n) is 7.69. The third-order valence-corrected chi connectivity index (χ3v) is 5.26. The van der Waals surface area contributed by atoms with Crippen LogP contribution in [0.15, 0.2) is 16.8 Å². The molecular formula is C22H38N2O4. The number of rotatable bonds is 1. The fourth-order valence-electron chi connectivity index (χ4n) is 3.63. The Morgan fingerprint density at radius 1 is 0.714 bits per heavy atom. The van der Waals surface area contributed by atoms with Gasteiger partial charge in [-0.15, -0.1) is 0 Å². The lowest BCUT2D eigenvalue weighted by Crippen LogP contribution is -2.14. The first-order chi connectivity index (χ1) is 13.6. The normalized spacial score (nSPS) is 20.4. The van der Waals surface area contributed by atoms with Crippen LogP contribution in [0, 0.1) is 0 Å². The molecule has 0 saturated carbocycles. The van der Waals surface area contributed by atoms with E-state index in [1.54, 1.807) is 5.57 Å². The van der Waals surface area contributed by atoms with Gasteiger partial charge in [-0.2, -0.15) is 5.10 Å². The molecule has 0 aromatic rings. The third-order valence-electron chi connectivity index (χ3n) is 5.26. The van der Waals surface area contributed by atoms with Crippen LogP contribution in [0.1, 0.15) is 103 Å². The Labute approximate surface area is 169 Å². The maximum atomic E-state index is 9.10. The molecule has 6 nitrogen and oxygen atoms in total. The fraction of sp³-hybridized carbons (Fsp3) is 0.773. The Morgan fingerprint density at radius 3 is 1.82 bits per heavy atom. The molecule has 0 unspecified atom stereocenters. The number of nitrogens with one attached hydrogen (secondary N) is 1. The predicted octanol–water partition coefficient (Wildman–Crippen LogP) is 5.28. The molecule has 28 heavy (non-hydrogen) atoms. The van der Waals surface area contributed by atoms with Gasteiger partial charge in [-0.3, -0.25) is 0 Å². The molecule has 0 atom stereocenters. The van der Waals surface area contributed by atoms with E-state index >= 15 is 0 Å². The van der Waals surface area contributed by atoms with Crippen molar-refractivity contribution in [2.45, 2.75) is 103 Å². The standard InChI is InChI=1S/C20H36N2.C2H2O4/c1-2-4-8-12-16-19(15-11-7-3-1)20-17-13-9-5-6-10-14-18-21-22-20;3-1(4)2(5)6/h15,21H,1-14,16-18H2;(H,3,4)(H,5,6). The molecule has 1 aliphatic heterocycles. The summed E-state index contributed by atoms with van der Waals surface area (Å²) in [6, 6.07) is 0. The smallest absolute Gasteiger partial charge is 0.414 e. The number of carboxylic acid groups (broad SMARTS) is 2. The minimum Gasteiger partial charge on any atom is -0.473 e. The van der Waals surface area contributed by atoms with Gasteiger partial charge in [0.15, 0.2) is 0 Å². The summed E-state index contributed by atoms with van der Waals surface area (Å²) >= 11 is 0. The summed E-state index contributed by atoms with van der Waals surface area (Å²) in [4.78, 5) is 18.2. The van der Waals surface area contributed by atoms with E-state index in [0.717, 1.165) is 6.54 Å². The summed E-state index contributed by atoms with van der Waals surface area (Å²) in [6.07, 6.45) is 24.2. The molecule has 160 valence electrons. The van der Waals surface area contributed by atoms with E-state index in [4.69, 9.17) is 24.9 Å². The van der Waals surface area contributed by atoms with Crippen molar-refractivity contribution in [3.63, 3.8) is 0 Å². The average Bonchev–Trinajstić information content (AvgIpc) is 2.78. The zero-order valence-corrected chi connectivity index (χ0v) is 17.3. The lowest BCUT2D eigenvalue weighted by atomic mass is 9.97. The SMILES string of the molecule is C1=C(C2=NNCCCCCCCC2)CCCCCCCCC1.O=C(O)C(=O)O. The number of allylic oxidation sites excluding steroid dienone is 2. The highest BCUT2D eigenvalue weighted by Crippen LogP contribution is 2.20. The summed E-state index contributed by atoms with van der Waals surface area (Å²) in [5.41, 5.74) is 6.29. The van der Waals surface area contributed by atoms with Crippen LogP contribution in [-0.2, 0) is 9.59 Å². The first-order valence-corrected chi connectivity index (χ1v) is 11.1. The number of hydrazone groups is 1. The summed E-state index contributed by atoms with van der Waals surface area (Å²) < 4.78 is 0. The number of carbonyl (C=O) groups is 2. The maximum Gasteiger partial charge on any atom is 0.414 e. The molecule has 0 saturated heterocycles. The summed E-state index contributed by atoms with van der Waals surface area (Å²) in [6.45, 7) is 1.05. The van der Waals surface area contributed by atoms with Crippen LogP contribution < -0.4 is 5.43 Å². The van der Waals surface area contributed by atoms with Crippen LogP contribution >= 0.6 is 0 Å². The van der Waals surface area contributed by atoms with Crippen LogP contribution in [0.4, 0.5) is 0 Å². The Balaban J connectivity index is 0.000000568. The van der Waals surface area contributed by atoms with Crippen molar-refractivity contribution in [1.82, 2.24) is 5.43 Å². The second kappa shape index (κ2) is 16.1. The average molecular weight is 395 g/mol. The molecule has 0 fully saturated rings. The molecule has 3 N–H and O–H groups in total. The van der Waals surface area contributed by atoms with Crippen LogP contribution in [-0.4, -0.2) is 34.4 Å². The van der Waals surface area contributed by atoms with Gasteiger partial charge in [-0.1, -0.05) is 63.9 Å². The Hall–Kier alpha value is -1.85. The fourth-order valence-corrected chi connectivity index (χ4v) is 3.63. The molecule has 0 aromatic carbocycles. The van der Waals surface area contributed by atoms with E-state index < -0.39 is 11.9 Å². The van der Waals surface area contributed by atoms with E-state index in [1.165, 1.54) is 108 Å².